The van der Waals surface area contributed by atoms with Crippen LogP contribution < -0.4 is 5.73 Å². The first-order valence-electron chi connectivity index (χ1n) is 8.43. The van der Waals surface area contributed by atoms with E-state index in [1.165, 1.54) is 16.2 Å². The van der Waals surface area contributed by atoms with E-state index in [0.29, 0.717) is 18.5 Å². The van der Waals surface area contributed by atoms with Crippen LogP contribution in [0.2, 0.25) is 0 Å². The fourth-order valence-corrected chi connectivity index (χ4v) is 4.97. The molecule has 10 heteroatoms. The maximum atomic E-state index is 12.7. The first-order chi connectivity index (χ1) is 12.9. The Morgan fingerprint density at radius 3 is 2.78 bits per heavy atom. The Balaban J connectivity index is 1.57. The lowest BCUT2D eigenvalue weighted by Gasteiger charge is -2.53. The number of nitrogens with two attached hydrogens (primary N) is 1. The molecule has 2 saturated heterocycles. The number of β-lactam (4-membered cyclic amide) rings is 1. The number of hydrogen-bond acceptors (Lipinski definition) is 6. The summed E-state index contributed by atoms with van der Waals surface area (Å²) in [7, 11) is 0. The van der Waals surface area contributed by atoms with Gasteiger partial charge in [-0.05, 0) is 17.9 Å². The fourth-order valence-electron chi connectivity index (χ4n) is 4.28. The summed E-state index contributed by atoms with van der Waals surface area (Å²) in [5, 5.41) is 11.4. The van der Waals surface area contributed by atoms with Gasteiger partial charge in [-0.1, -0.05) is 6.07 Å². The molecular formula is C17H17N3O6S. The zero-order valence-corrected chi connectivity index (χ0v) is 15.0. The summed E-state index contributed by atoms with van der Waals surface area (Å²) >= 11 is 1.47. The highest BCUT2D eigenvalue weighted by molar-refractivity contribution is 7.10. The van der Waals surface area contributed by atoms with Crippen LogP contribution in [-0.4, -0.2) is 64.0 Å². The van der Waals surface area contributed by atoms with Gasteiger partial charge in [0.05, 0.1) is 12.5 Å². The summed E-state index contributed by atoms with van der Waals surface area (Å²) in [5.74, 6) is -2.07. The summed E-state index contributed by atoms with van der Waals surface area (Å²) < 4.78 is 4.80. The summed E-state index contributed by atoms with van der Waals surface area (Å²) in [4.78, 5) is 51.7. The number of thiophene rings is 1. The van der Waals surface area contributed by atoms with Crippen molar-refractivity contribution in [1.82, 2.24) is 9.80 Å². The number of amides is 3. The van der Waals surface area contributed by atoms with E-state index in [1.807, 2.05) is 17.5 Å². The average Bonchev–Trinajstić information content (AvgIpc) is 3.23. The van der Waals surface area contributed by atoms with Gasteiger partial charge in [-0.15, -0.1) is 11.3 Å². The molecule has 0 saturated carbocycles. The standard InChI is InChI=1S/C17H17N3O6S/c18-17(25)26-7-10-9-3-4-19(11(21)6-8-2-1-5-27-8)14-12(9)20(15(14)22)13(10)16(23)24/h1-2,5,9,12,14H,3-4,6-7H2,(H2,18,25)(H,23,24)/t9?,12-,14+/m1/s1. The number of carboxylic acid groups (broad SMARTS) is 1. The van der Waals surface area contributed by atoms with Crippen LogP contribution in [0, 0.1) is 5.92 Å². The third kappa shape index (κ3) is 2.67. The highest BCUT2D eigenvalue weighted by atomic mass is 32.1. The molecule has 3 N–H and O–H groups in total. The van der Waals surface area contributed by atoms with Gasteiger partial charge < -0.3 is 20.5 Å². The van der Waals surface area contributed by atoms with E-state index in [0.717, 1.165) is 4.88 Å². The Kier molecular flexibility index (Phi) is 4.14. The van der Waals surface area contributed by atoms with Crippen LogP contribution >= 0.6 is 11.3 Å². The van der Waals surface area contributed by atoms with E-state index >= 15 is 0 Å². The lowest BCUT2D eigenvalue weighted by atomic mass is 9.78. The van der Waals surface area contributed by atoms with E-state index in [-0.39, 0.29) is 30.5 Å². The van der Waals surface area contributed by atoms with Gasteiger partial charge in [0.1, 0.15) is 18.3 Å². The van der Waals surface area contributed by atoms with Gasteiger partial charge in [0.2, 0.25) is 5.91 Å². The topological polar surface area (TPSA) is 130 Å². The zero-order chi connectivity index (χ0) is 19.3. The highest BCUT2D eigenvalue weighted by Crippen LogP contribution is 2.49. The molecule has 1 aromatic rings. The van der Waals surface area contributed by atoms with Gasteiger partial charge >= 0.3 is 12.1 Å². The first-order valence-corrected chi connectivity index (χ1v) is 9.31. The van der Waals surface area contributed by atoms with Crippen LogP contribution in [0.1, 0.15) is 11.3 Å². The number of primary amides is 1. The van der Waals surface area contributed by atoms with Crippen LogP contribution in [0.5, 0.6) is 0 Å². The van der Waals surface area contributed by atoms with Gasteiger partial charge in [-0.3, -0.25) is 14.5 Å². The monoisotopic (exact) mass is 391 g/mol. The Morgan fingerprint density at radius 2 is 2.15 bits per heavy atom. The molecule has 1 unspecified atom stereocenters. The molecule has 1 aromatic heterocycles. The predicted octanol–water partition coefficient (Wildman–Crippen LogP) is 0.166. The molecule has 0 radical (unpaired) electrons. The lowest BCUT2D eigenvalue weighted by molar-refractivity contribution is -0.168. The summed E-state index contributed by atoms with van der Waals surface area (Å²) in [6.45, 7) is 0.0837. The van der Waals surface area contributed by atoms with Crippen LogP contribution in [0.15, 0.2) is 28.8 Å². The molecule has 3 aliphatic heterocycles. The summed E-state index contributed by atoms with van der Waals surface area (Å²) in [6.07, 6.45) is -0.293. The number of aliphatic carboxylic acids is 1. The Bertz CT molecular complexity index is 864. The lowest BCUT2D eigenvalue weighted by Crippen LogP contribution is -2.73. The number of piperidine rings is 1. The van der Waals surface area contributed by atoms with E-state index in [4.69, 9.17) is 10.5 Å². The minimum atomic E-state index is -1.25. The van der Waals surface area contributed by atoms with Crippen molar-refractivity contribution in [3.05, 3.63) is 33.7 Å². The maximum Gasteiger partial charge on any atom is 0.404 e. The smallest absolute Gasteiger partial charge is 0.404 e. The molecule has 0 aliphatic carbocycles. The number of carboxylic acids is 1. The molecule has 142 valence electrons. The van der Waals surface area contributed by atoms with Gasteiger partial charge in [-0.25, -0.2) is 9.59 Å². The molecule has 3 aliphatic rings. The van der Waals surface area contributed by atoms with Gasteiger partial charge in [-0.2, -0.15) is 0 Å². The molecule has 27 heavy (non-hydrogen) atoms. The number of ether oxygens (including phenoxy) is 1. The van der Waals surface area contributed by atoms with Crippen molar-refractivity contribution in [2.24, 2.45) is 11.7 Å². The van der Waals surface area contributed by atoms with Gasteiger partial charge in [0.25, 0.3) is 5.91 Å². The Hall–Kier alpha value is -2.88. The van der Waals surface area contributed by atoms with Crippen molar-refractivity contribution in [1.29, 1.82) is 0 Å². The second kappa shape index (κ2) is 6.38. The number of carbonyl (C=O) groups is 4. The van der Waals surface area contributed by atoms with Crippen LogP contribution in [0.25, 0.3) is 0 Å². The fraction of sp³-hybridized carbons (Fsp3) is 0.412. The molecule has 4 rings (SSSR count). The molecule has 3 atom stereocenters. The number of nitrogens with zero attached hydrogens (tertiary/aromatic N) is 2. The molecular weight excluding hydrogens is 374 g/mol. The molecule has 9 nitrogen and oxygen atoms in total. The SMILES string of the molecule is NC(=O)OCC1=C(C(=O)O)N2C(=O)[C@@H]3[C@H]2C1CCN3C(=O)Cc1cccs1. The number of hydrogen-bond donors (Lipinski definition) is 2. The van der Waals surface area contributed by atoms with Crippen molar-refractivity contribution in [2.45, 2.75) is 24.9 Å². The molecule has 3 amide bonds. The minimum Gasteiger partial charge on any atom is -0.477 e. The third-order valence-electron chi connectivity index (χ3n) is 5.33. The molecule has 0 bridgehead atoms. The van der Waals surface area contributed by atoms with Crippen LogP contribution in [0.4, 0.5) is 4.79 Å². The van der Waals surface area contributed by atoms with Crippen LogP contribution in [-0.2, 0) is 25.5 Å². The number of carbonyl (C=O) groups excluding carboxylic acids is 3. The first kappa shape index (κ1) is 17.5. The molecule has 2 fully saturated rings. The minimum absolute atomic E-state index is 0.146. The van der Waals surface area contributed by atoms with Crippen molar-refractivity contribution in [3.63, 3.8) is 0 Å². The molecule has 0 spiro atoms. The largest absolute Gasteiger partial charge is 0.477 e. The van der Waals surface area contributed by atoms with Gasteiger partial charge in [0, 0.05) is 22.9 Å². The zero-order valence-electron chi connectivity index (χ0n) is 14.2. The predicted molar refractivity (Wildman–Crippen MR) is 92.5 cm³/mol. The van der Waals surface area contributed by atoms with Crippen molar-refractivity contribution in [3.8, 4) is 0 Å². The Morgan fingerprint density at radius 1 is 1.37 bits per heavy atom. The van der Waals surface area contributed by atoms with Crippen molar-refractivity contribution in [2.75, 3.05) is 13.2 Å². The quantitative estimate of drug-likeness (QED) is 0.688. The van der Waals surface area contributed by atoms with Crippen LogP contribution in [0.3, 0.4) is 0 Å². The van der Waals surface area contributed by atoms with E-state index < -0.39 is 30.1 Å². The third-order valence-corrected chi connectivity index (χ3v) is 6.21. The normalized spacial score (nSPS) is 25.9. The second-order valence-electron chi connectivity index (χ2n) is 6.67. The summed E-state index contributed by atoms with van der Waals surface area (Å²) in [5.41, 5.74) is 5.22. The van der Waals surface area contributed by atoms with Gasteiger partial charge in [0.15, 0.2) is 0 Å². The number of rotatable bonds is 5. The van der Waals surface area contributed by atoms with E-state index in [9.17, 15) is 24.3 Å². The Labute approximate surface area is 158 Å². The molecule has 4 heterocycles. The molecule has 0 aromatic carbocycles. The van der Waals surface area contributed by atoms with E-state index in [2.05, 4.69) is 0 Å². The highest BCUT2D eigenvalue weighted by Gasteiger charge is 2.64. The second-order valence-corrected chi connectivity index (χ2v) is 7.70. The van der Waals surface area contributed by atoms with E-state index in [1.54, 1.807) is 4.90 Å². The van der Waals surface area contributed by atoms with Crippen molar-refractivity contribution >= 4 is 35.2 Å². The average molecular weight is 391 g/mol. The van der Waals surface area contributed by atoms with Crippen molar-refractivity contribution < 1.29 is 29.0 Å². The summed E-state index contributed by atoms with van der Waals surface area (Å²) in [6, 6.07) is 2.64. The maximum absolute atomic E-state index is 12.7. The number of likely N-dealkylation sites (tertiary alicyclic amines) is 1.